The van der Waals surface area contributed by atoms with Crippen LogP contribution in [0.1, 0.15) is 19.3 Å². The fourth-order valence-corrected chi connectivity index (χ4v) is 2.03. The van der Waals surface area contributed by atoms with Crippen LogP contribution < -0.4 is 9.47 Å². The summed E-state index contributed by atoms with van der Waals surface area (Å²) in [5.74, 6) is 3.49. The number of para-hydroxylation sites is 1. The first-order chi connectivity index (χ1) is 9.88. The molecule has 0 aliphatic rings. The van der Waals surface area contributed by atoms with Crippen LogP contribution in [0, 0.1) is 0 Å². The van der Waals surface area contributed by atoms with E-state index < -0.39 is 0 Å². The monoisotopic (exact) mass is 288 g/mol. The molecule has 106 valence electrons. The van der Waals surface area contributed by atoms with Crippen LogP contribution in [-0.4, -0.2) is 12.4 Å². The Hall–Kier alpha value is -1.61. The Bertz CT molecular complexity index is 482. The Balaban J connectivity index is 1.78. The highest BCUT2D eigenvalue weighted by Gasteiger charge is 1.98. The van der Waals surface area contributed by atoms with Crippen LogP contribution in [0.25, 0.3) is 0 Å². The lowest BCUT2D eigenvalue weighted by Crippen LogP contribution is -1.97. The summed E-state index contributed by atoms with van der Waals surface area (Å²) in [5, 5.41) is 0. The SMILES string of the molecule is SCCCCCOc1ccc(Oc2ccccc2)cc1. The number of ether oxygens (including phenoxy) is 2. The van der Waals surface area contributed by atoms with E-state index in [9.17, 15) is 0 Å². The molecule has 0 radical (unpaired) electrons. The lowest BCUT2D eigenvalue weighted by Gasteiger charge is -2.08. The number of unbranched alkanes of at least 4 members (excludes halogenated alkanes) is 2. The van der Waals surface area contributed by atoms with Gasteiger partial charge < -0.3 is 9.47 Å². The largest absolute Gasteiger partial charge is 0.494 e. The van der Waals surface area contributed by atoms with Crippen molar-refractivity contribution in [2.24, 2.45) is 0 Å². The lowest BCUT2D eigenvalue weighted by atomic mass is 10.2. The molecule has 0 aliphatic heterocycles. The zero-order valence-corrected chi connectivity index (χ0v) is 12.4. The van der Waals surface area contributed by atoms with Gasteiger partial charge in [0.1, 0.15) is 17.2 Å². The molecule has 20 heavy (non-hydrogen) atoms. The molecular formula is C17H20O2S. The van der Waals surface area contributed by atoms with E-state index in [1.165, 1.54) is 6.42 Å². The summed E-state index contributed by atoms with van der Waals surface area (Å²) in [6.07, 6.45) is 3.39. The van der Waals surface area contributed by atoms with Crippen LogP contribution >= 0.6 is 12.6 Å². The predicted octanol–water partition coefficient (Wildman–Crippen LogP) is 4.96. The van der Waals surface area contributed by atoms with Gasteiger partial charge in [0.05, 0.1) is 6.61 Å². The van der Waals surface area contributed by atoms with Crippen LogP contribution in [0.15, 0.2) is 54.6 Å². The zero-order valence-electron chi connectivity index (χ0n) is 11.5. The van der Waals surface area contributed by atoms with Crippen LogP contribution in [0.4, 0.5) is 0 Å². The van der Waals surface area contributed by atoms with Crippen molar-refractivity contribution in [3.8, 4) is 17.2 Å². The maximum Gasteiger partial charge on any atom is 0.127 e. The van der Waals surface area contributed by atoms with Gasteiger partial charge in [-0.15, -0.1) is 0 Å². The highest BCUT2D eigenvalue weighted by molar-refractivity contribution is 7.80. The van der Waals surface area contributed by atoms with Gasteiger partial charge in [-0.3, -0.25) is 0 Å². The van der Waals surface area contributed by atoms with Crippen molar-refractivity contribution >= 4 is 12.6 Å². The molecule has 0 aromatic heterocycles. The molecule has 2 aromatic carbocycles. The van der Waals surface area contributed by atoms with Crippen LogP contribution in [-0.2, 0) is 0 Å². The quantitative estimate of drug-likeness (QED) is 0.547. The first-order valence-electron chi connectivity index (χ1n) is 6.95. The maximum atomic E-state index is 5.73. The molecule has 0 heterocycles. The zero-order chi connectivity index (χ0) is 14.0. The van der Waals surface area contributed by atoms with Crippen molar-refractivity contribution in [1.82, 2.24) is 0 Å². The van der Waals surface area contributed by atoms with E-state index in [1.54, 1.807) is 0 Å². The summed E-state index contributed by atoms with van der Waals surface area (Å²) in [4.78, 5) is 0. The fraction of sp³-hybridized carbons (Fsp3) is 0.294. The standard InChI is InChI=1S/C17H20O2S/c20-14-6-2-5-13-18-15-9-11-17(12-10-15)19-16-7-3-1-4-8-16/h1,3-4,7-12,20H,2,5-6,13-14H2. The summed E-state index contributed by atoms with van der Waals surface area (Å²) >= 11 is 4.19. The van der Waals surface area contributed by atoms with Gasteiger partial charge in [-0.2, -0.15) is 12.6 Å². The van der Waals surface area contributed by atoms with Crippen LogP contribution in [0.2, 0.25) is 0 Å². The topological polar surface area (TPSA) is 18.5 Å². The molecule has 2 aromatic rings. The highest BCUT2D eigenvalue weighted by atomic mass is 32.1. The van der Waals surface area contributed by atoms with Crippen molar-refractivity contribution in [1.29, 1.82) is 0 Å². The fourth-order valence-electron chi connectivity index (χ4n) is 1.81. The number of hydrogen-bond acceptors (Lipinski definition) is 3. The Morgan fingerprint density at radius 2 is 1.35 bits per heavy atom. The van der Waals surface area contributed by atoms with Crippen molar-refractivity contribution in [2.45, 2.75) is 19.3 Å². The third kappa shape index (κ3) is 5.17. The molecule has 0 spiro atoms. The second kappa shape index (κ2) is 8.54. The smallest absolute Gasteiger partial charge is 0.127 e. The third-order valence-electron chi connectivity index (χ3n) is 2.87. The first kappa shape index (κ1) is 14.8. The normalized spacial score (nSPS) is 10.2. The molecule has 0 aliphatic carbocycles. The average molecular weight is 288 g/mol. The molecule has 0 atom stereocenters. The Morgan fingerprint density at radius 1 is 0.700 bits per heavy atom. The minimum Gasteiger partial charge on any atom is -0.494 e. The van der Waals surface area contributed by atoms with Crippen molar-refractivity contribution in [3.05, 3.63) is 54.6 Å². The molecule has 0 saturated heterocycles. The second-order valence-electron chi connectivity index (χ2n) is 4.52. The predicted molar refractivity (Wildman–Crippen MR) is 86.2 cm³/mol. The van der Waals surface area contributed by atoms with E-state index in [0.717, 1.165) is 42.4 Å². The maximum absolute atomic E-state index is 5.73. The van der Waals surface area contributed by atoms with Gasteiger partial charge in [-0.25, -0.2) is 0 Å². The Labute approximate surface area is 126 Å². The number of benzene rings is 2. The van der Waals surface area contributed by atoms with Gasteiger partial charge in [0.15, 0.2) is 0 Å². The van der Waals surface area contributed by atoms with Gasteiger partial charge >= 0.3 is 0 Å². The second-order valence-corrected chi connectivity index (χ2v) is 4.97. The van der Waals surface area contributed by atoms with Crippen molar-refractivity contribution in [2.75, 3.05) is 12.4 Å². The molecule has 0 unspecified atom stereocenters. The molecule has 0 amide bonds. The highest BCUT2D eigenvalue weighted by Crippen LogP contribution is 2.23. The minimum atomic E-state index is 0.757. The van der Waals surface area contributed by atoms with E-state index in [1.807, 2.05) is 54.6 Å². The number of hydrogen-bond donors (Lipinski definition) is 1. The molecular weight excluding hydrogens is 268 g/mol. The Morgan fingerprint density at radius 3 is 2.05 bits per heavy atom. The van der Waals surface area contributed by atoms with E-state index in [4.69, 9.17) is 9.47 Å². The lowest BCUT2D eigenvalue weighted by molar-refractivity contribution is 0.306. The summed E-state index contributed by atoms with van der Waals surface area (Å²) in [5.41, 5.74) is 0. The van der Waals surface area contributed by atoms with E-state index >= 15 is 0 Å². The van der Waals surface area contributed by atoms with E-state index in [2.05, 4.69) is 12.6 Å². The molecule has 2 nitrogen and oxygen atoms in total. The van der Waals surface area contributed by atoms with E-state index in [-0.39, 0.29) is 0 Å². The average Bonchev–Trinajstić information content (AvgIpc) is 2.50. The van der Waals surface area contributed by atoms with Crippen LogP contribution in [0.5, 0.6) is 17.2 Å². The van der Waals surface area contributed by atoms with E-state index in [0.29, 0.717) is 0 Å². The summed E-state index contributed by atoms with van der Waals surface area (Å²) in [6, 6.07) is 17.5. The molecule has 0 N–H and O–H groups in total. The minimum absolute atomic E-state index is 0.757. The van der Waals surface area contributed by atoms with Gasteiger partial charge in [0, 0.05) is 0 Å². The summed E-state index contributed by atoms with van der Waals surface area (Å²) < 4.78 is 11.4. The third-order valence-corrected chi connectivity index (χ3v) is 3.19. The summed E-state index contributed by atoms with van der Waals surface area (Å²) in [6.45, 7) is 0.757. The Kier molecular flexibility index (Phi) is 6.32. The first-order valence-corrected chi connectivity index (χ1v) is 7.58. The van der Waals surface area contributed by atoms with Gasteiger partial charge in [0.25, 0.3) is 0 Å². The van der Waals surface area contributed by atoms with Crippen molar-refractivity contribution < 1.29 is 9.47 Å². The molecule has 2 rings (SSSR count). The van der Waals surface area contributed by atoms with Crippen LogP contribution in [0.3, 0.4) is 0 Å². The van der Waals surface area contributed by atoms with Gasteiger partial charge in [0.2, 0.25) is 0 Å². The number of rotatable bonds is 8. The molecule has 0 fully saturated rings. The van der Waals surface area contributed by atoms with Crippen molar-refractivity contribution in [3.63, 3.8) is 0 Å². The summed E-state index contributed by atoms with van der Waals surface area (Å²) in [7, 11) is 0. The molecule has 0 saturated carbocycles. The van der Waals surface area contributed by atoms with Gasteiger partial charge in [-0.05, 0) is 61.4 Å². The van der Waals surface area contributed by atoms with Gasteiger partial charge in [-0.1, -0.05) is 18.2 Å². The molecule has 0 bridgehead atoms. The molecule has 3 heteroatoms. The number of thiol groups is 1.